The van der Waals surface area contributed by atoms with Crippen LogP contribution in [0, 0.1) is 11.7 Å². The predicted octanol–water partition coefficient (Wildman–Crippen LogP) is 5.22. The fourth-order valence-electron chi connectivity index (χ4n) is 5.20. The number of nitrogens with zero attached hydrogens (tertiary/aromatic N) is 1. The molecule has 1 fully saturated rings. The predicted molar refractivity (Wildman–Crippen MR) is 146 cm³/mol. The number of β-lactam (4-membered cyclic amide) rings is 1. The molecule has 4 aromatic carbocycles. The first-order valence-corrected chi connectivity index (χ1v) is 14.1. The minimum absolute atomic E-state index is 0.178. The van der Waals surface area contributed by atoms with Crippen LogP contribution in [-0.2, 0) is 9.36 Å². The molecule has 1 aliphatic rings. The van der Waals surface area contributed by atoms with E-state index in [1.165, 1.54) is 53.4 Å². The Morgan fingerprint density at radius 2 is 1.54 bits per heavy atom. The van der Waals surface area contributed by atoms with E-state index in [1.54, 1.807) is 18.2 Å². The molecule has 5 rings (SSSR count). The third-order valence-corrected chi connectivity index (χ3v) is 8.14. The average molecular weight is 548 g/mol. The normalized spacial score (nSPS) is 18.1. The number of anilines is 1. The summed E-state index contributed by atoms with van der Waals surface area (Å²) in [6.07, 6.45) is -0.0335. The van der Waals surface area contributed by atoms with E-state index in [0.29, 0.717) is 24.1 Å². The zero-order chi connectivity index (χ0) is 27.7. The van der Waals surface area contributed by atoms with Crippen LogP contribution in [0.4, 0.5) is 10.1 Å². The first-order chi connectivity index (χ1) is 18.6. The fraction of sp³-hybridized carbons (Fsp3) is 0.167. The lowest BCUT2D eigenvalue weighted by Gasteiger charge is -2.48. The van der Waals surface area contributed by atoms with Crippen LogP contribution in [0.25, 0.3) is 11.1 Å². The van der Waals surface area contributed by atoms with Crippen molar-refractivity contribution in [1.29, 1.82) is 0 Å². The summed E-state index contributed by atoms with van der Waals surface area (Å²) in [4.78, 5) is 34.4. The number of aliphatic hydroxyl groups is 1. The highest BCUT2D eigenvalue weighted by atomic mass is 31.2. The Morgan fingerprint density at radius 1 is 0.872 bits per heavy atom. The van der Waals surface area contributed by atoms with E-state index in [4.69, 9.17) is 0 Å². The van der Waals surface area contributed by atoms with Crippen LogP contribution in [0.2, 0.25) is 0 Å². The van der Waals surface area contributed by atoms with Gasteiger partial charge in [-0.3, -0.25) is 9.36 Å². The standard InChI is InChI=1S/C30H27FNO6P/c31-21-11-13-22(14-12-21)32-29(25(30(32)35)16-17-26(33)19-6-2-1-3-7-19)20-10-15-23(27(34)18-20)24-8-4-5-9-28(24)39(36,37)38/h1-15,18,25-26,29,33-34H,16-17H2,(H2,36,37,38)/t25-,26+,29+/m1/s1. The highest BCUT2D eigenvalue weighted by Crippen LogP contribution is 2.48. The highest BCUT2D eigenvalue weighted by Gasteiger charge is 2.48. The van der Waals surface area contributed by atoms with Crippen LogP contribution in [0.3, 0.4) is 0 Å². The lowest BCUT2D eigenvalue weighted by atomic mass is 9.78. The smallest absolute Gasteiger partial charge is 0.356 e. The van der Waals surface area contributed by atoms with Crippen molar-refractivity contribution in [2.24, 2.45) is 5.92 Å². The van der Waals surface area contributed by atoms with Crippen LogP contribution >= 0.6 is 7.60 Å². The summed E-state index contributed by atoms with van der Waals surface area (Å²) in [7, 11) is -4.60. The van der Waals surface area contributed by atoms with E-state index in [-0.39, 0.29) is 28.1 Å². The van der Waals surface area contributed by atoms with Gasteiger partial charge < -0.3 is 24.9 Å². The first-order valence-electron chi connectivity index (χ1n) is 12.4. The summed E-state index contributed by atoms with van der Waals surface area (Å²) in [6.45, 7) is 0. The first kappa shape index (κ1) is 26.8. The van der Waals surface area contributed by atoms with Gasteiger partial charge in [-0.05, 0) is 60.4 Å². The second-order valence-corrected chi connectivity index (χ2v) is 11.1. The van der Waals surface area contributed by atoms with E-state index in [0.717, 1.165) is 5.56 Å². The number of halogens is 1. The van der Waals surface area contributed by atoms with Gasteiger partial charge in [-0.15, -0.1) is 0 Å². The molecule has 7 nitrogen and oxygen atoms in total. The SMILES string of the molecule is O=C1[C@H](CC[C@H](O)c2ccccc2)[C@H](c2ccc(-c3ccccc3P(=O)(O)O)c(O)c2)N1c1ccc(F)cc1. The van der Waals surface area contributed by atoms with Crippen molar-refractivity contribution in [3.63, 3.8) is 0 Å². The number of aromatic hydroxyl groups is 1. The van der Waals surface area contributed by atoms with Crippen molar-refractivity contribution in [3.05, 3.63) is 114 Å². The molecule has 4 N–H and O–H groups in total. The van der Waals surface area contributed by atoms with Crippen LogP contribution in [0.1, 0.15) is 36.1 Å². The third kappa shape index (κ3) is 5.37. The summed E-state index contributed by atoms with van der Waals surface area (Å²) < 4.78 is 25.6. The van der Waals surface area contributed by atoms with Crippen LogP contribution in [0.5, 0.6) is 5.75 Å². The topological polar surface area (TPSA) is 118 Å². The second-order valence-electron chi connectivity index (χ2n) is 9.58. The van der Waals surface area contributed by atoms with Gasteiger partial charge in [0.05, 0.1) is 23.4 Å². The van der Waals surface area contributed by atoms with E-state index in [9.17, 15) is 33.7 Å². The maximum absolute atomic E-state index is 13.6. The number of carbonyl (C=O) groups is 1. The summed E-state index contributed by atoms with van der Waals surface area (Å²) in [5.74, 6) is -1.31. The maximum Gasteiger partial charge on any atom is 0.356 e. The van der Waals surface area contributed by atoms with E-state index in [1.807, 2.05) is 30.3 Å². The molecule has 4 aromatic rings. The molecule has 0 aliphatic carbocycles. The Morgan fingerprint density at radius 3 is 2.21 bits per heavy atom. The van der Waals surface area contributed by atoms with Crippen LogP contribution < -0.4 is 10.2 Å². The number of amides is 1. The minimum Gasteiger partial charge on any atom is -0.507 e. The fourth-order valence-corrected chi connectivity index (χ4v) is 5.98. The van der Waals surface area contributed by atoms with Crippen molar-refractivity contribution >= 4 is 24.5 Å². The van der Waals surface area contributed by atoms with E-state index < -0.39 is 31.5 Å². The minimum atomic E-state index is -4.60. The lowest BCUT2D eigenvalue weighted by Crippen LogP contribution is -2.55. The van der Waals surface area contributed by atoms with Crippen molar-refractivity contribution < 1.29 is 33.7 Å². The van der Waals surface area contributed by atoms with Crippen molar-refractivity contribution in [1.82, 2.24) is 0 Å². The zero-order valence-electron chi connectivity index (χ0n) is 20.8. The molecular formula is C30H27FNO6P. The van der Waals surface area contributed by atoms with Crippen molar-refractivity contribution in [2.45, 2.75) is 25.0 Å². The molecule has 0 aromatic heterocycles. The van der Waals surface area contributed by atoms with Gasteiger partial charge >= 0.3 is 7.60 Å². The van der Waals surface area contributed by atoms with Gasteiger partial charge in [-0.1, -0.05) is 60.7 Å². The van der Waals surface area contributed by atoms with Crippen molar-refractivity contribution in [2.75, 3.05) is 4.90 Å². The Kier molecular flexibility index (Phi) is 7.38. The highest BCUT2D eigenvalue weighted by molar-refractivity contribution is 7.60. The molecule has 39 heavy (non-hydrogen) atoms. The monoisotopic (exact) mass is 547 g/mol. The summed E-state index contributed by atoms with van der Waals surface area (Å²) in [5.41, 5.74) is 2.31. The van der Waals surface area contributed by atoms with E-state index in [2.05, 4.69) is 0 Å². The average Bonchev–Trinajstić information content (AvgIpc) is 2.92. The summed E-state index contributed by atoms with van der Waals surface area (Å²) in [6, 6.07) is 25.0. The largest absolute Gasteiger partial charge is 0.507 e. The molecule has 1 heterocycles. The molecule has 0 bridgehead atoms. The van der Waals surface area contributed by atoms with Crippen molar-refractivity contribution in [3.8, 4) is 16.9 Å². The Labute approximate surface area is 225 Å². The molecule has 0 saturated carbocycles. The van der Waals surface area contributed by atoms with Gasteiger partial charge in [0.2, 0.25) is 5.91 Å². The van der Waals surface area contributed by atoms with Gasteiger partial charge in [-0.25, -0.2) is 4.39 Å². The Bertz CT molecular complexity index is 1540. The van der Waals surface area contributed by atoms with Crippen LogP contribution in [0.15, 0.2) is 97.1 Å². The van der Waals surface area contributed by atoms with Gasteiger partial charge in [0.1, 0.15) is 11.6 Å². The number of phenolic OH excluding ortho intramolecular Hbond substituents is 1. The van der Waals surface area contributed by atoms with Gasteiger partial charge in [-0.2, -0.15) is 0 Å². The Balaban J connectivity index is 1.48. The molecule has 1 saturated heterocycles. The number of phenols is 1. The molecule has 3 atom stereocenters. The van der Waals surface area contributed by atoms with Gasteiger partial charge in [0.15, 0.2) is 0 Å². The van der Waals surface area contributed by atoms with Gasteiger partial charge in [0, 0.05) is 16.8 Å². The quantitative estimate of drug-likeness (QED) is 0.178. The molecule has 0 radical (unpaired) electrons. The lowest BCUT2D eigenvalue weighted by molar-refractivity contribution is -0.131. The third-order valence-electron chi connectivity index (χ3n) is 7.13. The summed E-state index contributed by atoms with van der Waals surface area (Å²) >= 11 is 0. The van der Waals surface area contributed by atoms with Gasteiger partial charge in [0.25, 0.3) is 0 Å². The molecule has 1 amide bonds. The maximum atomic E-state index is 13.6. The van der Waals surface area contributed by atoms with Crippen LogP contribution in [-0.4, -0.2) is 25.9 Å². The number of carbonyl (C=O) groups excluding carboxylic acids is 1. The zero-order valence-corrected chi connectivity index (χ0v) is 21.7. The number of benzene rings is 4. The Hall–Kier alpha value is -3.81. The molecule has 1 aliphatic heterocycles. The summed E-state index contributed by atoms with van der Waals surface area (Å²) in [5, 5.41) is 21.4. The molecular weight excluding hydrogens is 520 g/mol. The molecule has 0 spiro atoms. The number of aliphatic hydroxyl groups excluding tert-OH is 1. The second kappa shape index (κ2) is 10.8. The number of rotatable bonds is 8. The number of hydrogen-bond donors (Lipinski definition) is 4. The molecule has 200 valence electrons. The molecule has 0 unspecified atom stereocenters. The molecule has 9 heteroatoms. The number of hydrogen-bond acceptors (Lipinski definition) is 4. The van der Waals surface area contributed by atoms with E-state index >= 15 is 0 Å².